The Morgan fingerprint density at radius 2 is 2.11 bits per heavy atom. The summed E-state index contributed by atoms with van der Waals surface area (Å²) in [5, 5.41) is 5.99. The van der Waals surface area contributed by atoms with E-state index in [0.717, 1.165) is 17.7 Å². The quantitative estimate of drug-likeness (QED) is 0.878. The number of nitrogens with two attached hydrogens (primary N) is 1. The predicted octanol–water partition coefficient (Wildman–Crippen LogP) is 3.43. The third-order valence-electron chi connectivity index (χ3n) is 3.29. The van der Waals surface area contributed by atoms with Crippen LogP contribution >= 0.6 is 11.3 Å². The molecule has 0 aromatic carbocycles. The van der Waals surface area contributed by atoms with Crippen molar-refractivity contribution < 1.29 is 9.26 Å². The number of hydrogen-bond acceptors (Lipinski definition) is 6. The Bertz CT molecular complexity index is 531. The first kappa shape index (κ1) is 14.0. The van der Waals surface area contributed by atoms with Crippen molar-refractivity contribution in [3.8, 4) is 10.8 Å². The molecule has 0 saturated heterocycles. The standard InChI is InChI=1S/C13H19N3O2S/c1-4-13(5-2,17-6-3)12-15-11(18-16-12)10-9(14)7-8-19-10/h7-8H,4-6,14H2,1-3H3. The first-order chi connectivity index (χ1) is 9.16. The van der Waals surface area contributed by atoms with Crippen molar-refractivity contribution in [1.29, 1.82) is 0 Å². The Balaban J connectivity index is 2.36. The molecule has 2 N–H and O–H groups in total. The van der Waals surface area contributed by atoms with Crippen molar-refractivity contribution >= 4 is 17.0 Å². The minimum Gasteiger partial charge on any atom is -0.397 e. The Labute approximate surface area is 116 Å². The maximum Gasteiger partial charge on any atom is 0.270 e. The van der Waals surface area contributed by atoms with Gasteiger partial charge in [0.1, 0.15) is 10.5 Å². The van der Waals surface area contributed by atoms with Crippen LogP contribution in [0.4, 0.5) is 5.69 Å². The molecule has 0 saturated carbocycles. The second kappa shape index (κ2) is 5.71. The molecule has 0 unspecified atom stereocenters. The van der Waals surface area contributed by atoms with Crippen molar-refractivity contribution in [1.82, 2.24) is 10.1 Å². The van der Waals surface area contributed by atoms with Crippen LogP contribution in [0, 0.1) is 0 Å². The molecule has 0 fully saturated rings. The highest BCUT2D eigenvalue weighted by molar-refractivity contribution is 7.14. The van der Waals surface area contributed by atoms with Crippen molar-refractivity contribution in [3.05, 3.63) is 17.3 Å². The fourth-order valence-corrected chi connectivity index (χ4v) is 2.84. The molecular weight excluding hydrogens is 262 g/mol. The minimum atomic E-state index is -0.470. The van der Waals surface area contributed by atoms with Crippen LogP contribution in [-0.4, -0.2) is 16.7 Å². The van der Waals surface area contributed by atoms with Gasteiger partial charge in [-0.3, -0.25) is 0 Å². The highest BCUT2D eigenvalue weighted by atomic mass is 32.1. The third-order valence-corrected chi connectivity index (χ3v) is 4.20. The Morgan fingerprint density at radius 3 is 2.63 bits per heavy atom. The van der Waals surface area contributed by atoms with Gasteiger partial charge in [0.25, 0.3) is 5.89 Å². The zero-order chi connectivity index (χ0) is 13.9. The lowest BCUT2D eigenvalue weighted by Gasteiger charge is -2.27. The van der Waals surface area contributed by atoms with Crippen LogP contribution in [0.5, 0.6) is 0 Å². The van der Waals surface area contributed by atoms with Gasteiger partial charge in [-0.1, -0.05) is 19.0 Å². The molecule has 0 amide bonds. The van der Waals surface area contributed by atoms with Gasteiger partial charge in [0.2, 0.25) is 5.82 Å². The minimum absolute atomic E-state index is 0.466. The highest BCUT2D eigenvalue weighted by Gasteiger charge is 2.34. The third kappa shape index (κ3) is 2.50. The Kier molecular flexibility index (Phi) is 4.21. The van der Waals surface area contributed by atoms with E-state index in [9.17, 15) is 0 Å². The summed E-state index contributed by atoms with van der Waals surface area (Å²) in [6.45, 7) is 6.72. The number of anilines is 1. The van der Waals surface area contributed by atoms with E-state index in [1.54, 1.807) is 0 Å². The molecule has 2 aromatic rings. The van der Waals surface area contributed by atoms with Crippen molar-refractivity contribution in [3.63, 3.8) is 0 Å². The van der Waals surface area contributed by atoms with Gasteiger partial charge in [-0.2, -0.15) is 4.98 Å². The highest BCUT2D eigenvalue weighted by Crippen LogP contribution is 2.35. The van der Waals surface area contributed by atoms with E-state index in [1.165, 1.54) is 11.3 Å². The first-order valence-corrected chi connectivity index (χ1v) is 7.36. The number of thiophene rings is 1. The second-order valence-corrected chi connectivity index (χ2v) is 5.18. The lowest BCUT2D eigenvalue weighted by atomic mass is 9.96. The summed E-state index contributed by atoms with van der Waals surface area (Å²) in [6.07, 6.45) is 1.60. The van der Waals surface area contributed by atoms with E-state index < -0.39 is 5.60 Å². The molecule has 0 radical (unpaired) electrons. The predicted molar refractivity (Wildman–Crippen MR) is 75.9 cm³/mol. The van der Waals surface area contributed by atoms with Gasteiger partial charge in [0.05, 0.1) is 5.69 Å². The van der Waals surface area contributed by atoms with Crippen molar-refractivity contribution in [2.45, 2.75) is 39.2 Å². The van der Waals surface area contributed by atoms with Gasteiger partial charge in [-0.15, -0.1) is 11.3 Å². The zero-order valence-corrected chi connectivity index (χ0v) is 12.3. The molecule has 19 heavy (non-hydrogen) atoms. The number of rotatable bonds is 6. The maximum atomic E-state index is 5.87. The van der Waals surface area contributed by atoms with Crippen LogP contribution in [0.1, 0.15) is 39.4 Å². The van der Waals surface area contributed by atoms with E-state index in [1.807, 2.05) is 18.4 Å². The summed E-state index contributed by atoms with van der Waals surface area (Å²) < 4.78 is 11.2. The van der Waals surface area contributed by atoms with E-state index in [2.05, 4.69) is 24.0 Å². The fourth-order valence-electron chi connectivity index (χ4n) is 2.10. The molecule has 0 aliphatic rings. The van der Waals surface area contributed by atoms with Crippen LogP contribution < -0.4 is 5.73 Å². The Morgan fingerprint density at radius 1 is 1.37 bits per heavy atom. The molecule has 0 aliphatic heterocycles. The lowest BCUT2D eigenvalue weighted by Crippen LogP contribution is -2.29. The average Bonchev–Trinajstić information content (AvgIpc) is 3.04. The summed E-state index contributed by atoms with van der Waals surface area (Å²) in [5.74, 6) is 1.07. The molecule has 2 heterocycles. The zero-order valence-electron chi connectivity index (χ0n) is 11.5. The van der Waals surface area contributed by atoms with Crippen LogP contribution in [-0.2, 0) is 10.3 Å². The summed E-state index contributed by atoms with van der Waals surface area (Å²) >= 11 is 1.49. The lowest BCUT2D eigenvalue weighted by molar-refractivity contribution is -0.0583. The van der Waals surface area contributed by atoms with Gasteiger partial charge in [-0.05, 0) is 31.2 Å². The largest absolute Gasteiger partial charge is 0.397 e. The van der Waals surface area contributed by atoms with Gasteiger partial charge in [0, 0.05) is 6.61 Å². The summed E-state index contributed by atoms with van der Waals surface area (Å²) in [4.78, 5) is 5.29. The maximum absolute atomic E-state index is 5.87. The second-order valence-electron chi connectivity index (χ2n) is 4.26. The molecule has 2 rings (SSSR count). The van der Waals surface area contributed by atoms with E-state index >= 15 is 0 Å². The van der Waals surface area contributed by atoms with Gasteiger partial charge < -0.3 is 15.0 Å². The van der Waals surface area contributed by atoms with Crippen LogP contribution in [0.2, 0.25) is 0 Å². The van der Waals surface area contributed by atoms with E-state index in [0.29, 0.717) is 24.0 Å². The van der Waals surface area contributed by atoms with Crippen molar-refractivity contribution in [2.75, 3.05) is 12.3 Å². The topological polar surface area (TPSA) is 74.2 Å². The summed E-state index contributed by atoms with van der Waals surface area (Å²) in [6, 6.07) is 1.83. The Hall–Kier alpha value is -1.40. The van der Waals surface area contributed by atoms with Gasteiger partial charge in [0.15, 0.2) is 0 Å². The smallest absolute Gasteiger partial charge is 0.270 e. The van der Waals surface area contributed by atoms with Crippen molar-refractivity contribution in [2.24, 2.45) is 0 Å². The molecule has 0 spiro atoms. The molecule has 0 bridgehead atoms. The summed E-state index contributed by atoms with van der Waals surface area (Å²) in [7, 11) is 0. The SMILES string of the molecule is CCOC(CC)(CC)c1noc(-c2sccc2N)n1. The van der Waals surface area contributed by atoms with Crippen LogP contribution in [0.15, 0.2) is 16.0 Å². The number of aromatic nitrogens is 2. The number of hydrogen-bond donors (Lipinski definition) is 1. The molecule has 104 valence electrons. The monoisotopic (exact) mass is 281 g/mol. The fraction of sp³-hybridized carbons (Fsp3) is 0.538. The number of nitrogens with zero attached hydrogens (tertiary/aromatic N) is 2. The average molecular weight is 281 g/mol. The number of ether oxygens (including phenoxy) is 1. The van der Waals surface area contributed by atoms with Gasteiger partial charge in [-0.25, -0.2) is 0 Å². The van der Waals surface area contributed by atoms with Gasteiger partial charge >= 0.3 is 0 Å². The van der Waals surface area contributed by atoms with E-state index in [-0.39, 0.29) is 0 Å². The molecule has 6 heteroatoms. The normalized spacial score (nSPS) is 11.9. The molecular formula is C13H19N3O2S. The van der Waals surface area contributed by atoms with Crippen LogP contribution in [0.3, 0.4) is 0 Å². The number of nitrogen functional groups attached to an aromatic ring is 1. The molecule has 0 atom stereocenters. The molecule has 2 aromatic heterocycles. The summed E-state index contributed by atoms with van der Waals surface area (Å²) in [5.41, 5.74) is 6.06. The molecule has 0 aliphatic carbocycles. The van der Waals surface area contributed by atoms with E-state index in [4.69, 9.17) is 15.0 Å². The first-order valence-electron chi connectivity index (χ1n) is 6.48. The van der Waals surface area contributed by atoms with Crippen LogP contribution in [0.25, 0.3) is 10.8 Å². The molecule has 5 nitrogen and oxygen atoms in total.